The minimum Gasteiger partial charge on any atom is -0.367 e. The molecular formula is C25H37ClN8O2. The highest BCUT2D eigenvalue weighted by molar-refractivity contribution is 6.20. The van der Waals surface area contributed by atoms with E-state index in [0.717, 1.165) is 43.9 Å². The minimum absolute atomic E-state index is 0.0169. The van der Waals surface area contributed by atoms with E-state index < -0.39 is 4.92 Å². The van der Waals surface area contributed by atoms with Crippen molar-refractivity contribution < 1.29 is 4.92 Å². The fourth-order valence-electron chi connectivity index (χ4n) is 5.29. The second-order valence-corrected chi connectivity index (χ2v) is 11.7. The fourth-order valence-corrected chi connectivity index (χ4v) is 5.56. The van der Waals surface area contributed by atoms with Crippen molar-refractivity contribution in [2.24, 2.45) is 0 Å². The summed E-state index contributed by atoms with van der Waals surface area (Å²) in [6.07, 6.45) is 2.95. The van der Waals surface area contributed by atoms with Crippen molar-refractivity contribution in [3.05, 3.63) is 40.6 Å². The van der Waals surface area contributed by atoms with Gasteiger partial charge in [0.2, 0.25) is 11.8 Å². The van der Waals surface area contributed by atoms with Gasteiger partial charge in [-0.05, 0) is 78.9 Å². The molecule has 0 amide bonds. The molecule has 1 atom stereocenters. The Morgan fingerprint density at radius 3 is 2.31 bits per heavy atom. The van der Waals surface area contributed by atoms with E-state index in [-0.39, 0.29) is 34.1 Å². The molecule has 1 unspecified atom stereocenters. The number of benzene rings is 1. The van der Waals surface area contributed by atoms with Crippen molar-refractivity contribution in [2.45, 2.75) is 63.2 Å². The van der Waals surface area contributed by atoms with E-state index in [1.807, 2.05) is 31.3 Å². The van der Waals surface area contributed by atoms with Crippen LogP contribution in [0.15, 0.2) is 30.5 Å². The van der Waals surface area contributed by atoms with Gasteiger partial charge in [-0.2, -0.15) is 4.98 Å². The third kappa shape index (κ3) is 5.66. The third-order valence-corrected chi connectivity index (χ3v) is 8.15. The number of likely N-dealkylation sites (tertiary alicyclic amines) is 1. The van der Waals surface area contributed by atoms with Crippen LogP contribution in [0.2, 0.25) is 0 Å². The molecule has 3 heterocycles. The lowest BCUT2D eigenvalue weighted by atomic mass is 9.77. The summed E-state index contributed by atoms with van der Waals surface area (Å²) >= 11 is 6.41. The first-order valence-electron chi connectivity index (χ1n) is 12.3. The molecule has 2 aromatic rings. The average Bonchev–Trinajstić information content (AvgIpc) is 2.79. The Labute approximate surface area is 218 Å². The van der Waals surface area contributed by atoms with Gasteiger partial charge < -0.3 is 15.5 Å². The standard InChI is InChI=1S/C25H37ClN8O2/c1-24(2)13-18(14-25(3,4)32(24)6)28-22-20(34(35)36)15-27-23(30-22)29-17-7-9-19(10-8-17)33-12-11-31(5)21(26)16-33/h7-10,15,18,21H,11-14,16H2,1-6H3,(H2,27,28,29,30). The normalized spacial score (nSPS) is 22.9. The molecule has 36 heavy (non-hydrogen) atoms. The van der Waals surface area contributed by atoms with Crippen LogP contribution >= 0.6 is 11.6 Å². The van der Waals surface area contributed by atoms with Crippen molar-refractivity contribution in [3.8, 4) is 0 Å². The Morgan fingerprint density at radius 2 is 1.72 bits per heavy atom. The van der Waals surface area contributed by atoms with Crippen molar-refractivity contribution >= 4 is 40.4 Å². The Balaban J connectivity index is 1.50. The van der Waals surface area contributed by atoms with E-state index in [2.05, 4.69) is 70.0 Å². The van der Waals surface area contributed by atoms with Crippen LogP contribution in [0.5, 0.6) is 0 Å². The van der Waals surface area contributed by atoms with E-state index >= 15 is 0 Å². The number of halogens is 1. The molecular weight excluding hydrogens is 480 g/mol. The topological polar surface area (TPSA) is 103 Å². The molecule has 4 rings (SSSR count). The average molecular weight is 517 g/mol. The second kappa shape index (κ2) is 9.99. The number of nitro groups is 1. The number of alkyl halides is 1. The Bertz CT molecular complexity index is 1080. The maximum Gasteiger partial charge on any atom is 0.329 e. The molecule has 2 aliphatic heterocycles. The highest BCUT2D eigenvalue weighted by Gasteiger charge is 2.43. The summed E-state index contributed by atoms with van der Waals surface area (Å²) in [6, 6.07) is 8.02. The van der Waals surface area contributed by atoms with E-state index in [1.54, 1.807) is 0 Å². The van der Waals surface area contributed by atoms with Gasteiger partial charge in [0.25, 0.3) is 0 Å². The summed E-state index contributed by atoms with van der Waals surface area (Å²) in [6.45, 7) is 11.4. The number of nitrogens with one attached hydrogen (secondary N) is 2. The van der Waals surface area contributed by atoms with E-state index in [1.165, 1.54) is 6.20 Å². The highest BCUT2D eigenvalue weighted by atomic mass is 35.5. The quantitative estimate of drug-likeness (QED) is 0.248. The lowest BCUT2D eigenvalue weighted by molar-refractivity contribution is -0.384. The molecule has 2 N–H and O–H groups in total. The van der Waals surface area contributed by atoms with Crippen LogP contribution in [0.3, 0.4) is 0 Å². The summed E-state index contributed by atoms with van der Waals surface area (Å²) in [5.41, 5.74) is 1.64. The number of piperidine rings is 1. The molecule has 1 aromatic heterocycles. The molecule has 0 aliphatic carbocycles. The van der Waals surface area contributed by atoms with Crippen molar-refractivity contribution in [1.29, 1.82) is 0 Å². The molecule has 0 radical (unpaired) electrons. The summed E-state index contributed by atoms with van der Waals surface area (Å²) in [7, 11) is 4.16. The molecule has 10 nitrogen and oxygen atoms in total. The first kappa shape index (κ1) is 26.4. The second-order valence-electron chi connectivity index (χ2n) is 11.2. The Hall–Kier alpha value is -2.69. The largest absolute Gasteiger partial charge is 0.367 e. The number of hydrogen-bond acceptors (Lipinski definition) is 9. The summed E-state index contributed by atoms with van der Waals surface area (Å²) in [5.74, 6) is 0.545. The predicted molar refractivity (Wildman–Crippen MR) is 145 cm³/mol. The molecule has 2 fully saturated rings. The number of rotatable bonds is 6. The van der Waals surface area contributed by atoms with Crippen LogP contribution < -0.4 is 15.5 Å². The van der Waals surface area contributed by atoms with Gasteiger partial charge in [0.15, 0.2) is 0 Å². The van der Waals surface area contributed by atoms with Gasteiger partial charge >= 0.3 is 5.69 Å². The summed E-state index contributed by atoms with van der Waals surface area (Å²) in [5, 5.41) is 18.3. The van der Waals surface area contributed by atoms with Gasteiger partial charge in [0.05, 0.1) is 4.92 Å². The van der Waals surface area contributed by atoms with Crippen LogP contribution in [0.25, 0.3) is 0 Å². The van der Waals surface area contributed by atoms with Crippen LogP contribution in [0, 0.1) is 10.1 Å². The molecule has 0 spiro atoms. The SMILES string of the molecule is CN1CCN(c2ccc(Nc3ncc([N+](=O)[O-])c(NC4CC(C)(C)N(C)C(C)(C)C4)n3)cc2)CC1Cl. The van der Waals surface area contributed by atoms with Crippen LogP contribution in [-0.4, -0.2) is 81.0 Å². The van der Waals surface area contributed by atoms with Gasteiger partial charge in [0.1, 0.15) is 11.7 Å². The first-order valence-corrected chi connectivity index (χ1v) is 12.8. The zero-order valence-electron chi connectivity index (χ0n) is 22.0. The third-order valence-electron chi connectivity index (χ3n) is 7.68. The minimum atomic E-state index is -0.438. The molecule has 2 saturated heterocycles. The molecule has 2 aliphatic rings. The zero-order valence-corrected chi connectivity index (χ0v) is 22.7. The predicted octanol–water partition coefficient (Wildman–Crippen LogP) is 4.51. The first-order chi connectivity index (χ1) is 16.9. The molecule has 11 heteroatoms. The maximum atomic E-state index is 11.7. The van der Waals surface area contributed by atoms with Crippen LogP contribution in [0.4, 0.5) is 28.8 Å². The van der Waals surface area contributed by atoms with Gasteiger partial charge in [-0.3, -0.25) is 19.9 Å². The lowest BCUT2D eigenvalue weighted by Crippen LogP contribution is -2.61. The van der Waals surface area contributed by atoms with E-state index in [9.17, 15) is 10.1 Å². The number of piperazine rings is 1. The number of aromatic nitrogens is 2. The van der Waals surface area contributed by atoms with Crippen LogP contribution in [0.1, 0.15) is 40.5 Å². The number of hydrogen-bond donors (Lipinski definition) is 2. The smallest absolute Gasteiger partial charge is 0.329 e. The van der Waals surface area contributed by atoms with Gasteiger partial charge in [0, 0.05) is 48.1 Å². The van der Waals surface area contributed by atoms with Crippen molar-refractivity contribution in [2.75, 3.05) is 49.3 Å². The Kier molecular flexibility index (Phi) is 7.32. The molecule has 0 saturated carbocycles. The zero-order chi connectivity index (χ0) is 26.3. The molecule has 196 valence electrons. The Morgan fingerprint density at radius 1 is 1.08 bits per heavy atom. The summed E-state index contributed by atoms with van der Waals surface area (Å²) in [4.78, 5) is 26.8. The highest BCUT2D eigenvalue weighted by Crippen LogP contribution is 2.38. The van der Waals surface area contributed by atoms with Gasteiger partial charge in [-0.25, -0.2) is 4.98 Å². The van der Waals surface area contributed by atoms with E-state index in [0.29, 0.717) is 5.95 Å². The maximum absolute atomic E-state index is 11.7. The van der Waals surface area contributed by atoms with Crippen molar-refractivity contribution in [3.63, 3.8) is 0 Å². The number of anilines is 4. The van der Waals surface area contributed by atoms with Crippen LogP contribution in [-0.2, 0) is 0 Å². The number of likely N-dealkylation sites (N-methyl/N-ethyl adjacent to an activating group) is 1. The molecule has 0 bridgehead atoms. The number of nitrogens with zero attached hydrogens (tertiary/aromatic N) is 6. The molecule has 1 aromatic carbocycles. The monoisotopic (exact) mass is 516 g/mol. The van der Waals surface area contributed by atoms with Crippen molar-refractivity contribution in [1.82, 2.24) is 19.8 Å². The summed E-state index contributed by atoms with van der Waals surface area (Å²) < 4.78 is 0. The van der Waals surface area contributed by atoms with Gasteiger partial charge in [-0.1, -0.05) is 0 Å². The lowest BCUT2D eigenvalue weighted by Gasteiger charge is -2.53. The van der Waals surface area contributed by atoms with E-state index in [4.69, 9.17) is 11.6 Å². The van der Waals surface area contributed by atoms with Gasteiger partial charge in [-0.15, -0.1) is 11.6 Å². The fraction of sp³-hybridized carbons (Fsp3) is 0.600.